The van der Waals surface area contributed by atoms with Crippen LogP contribution in [0.25, 0.3) is 0 Å². The van der Waals surface area contributed by atoms with E-state index in [4.69, 9.17) is 16.3 Å². The van der Waals surface area contributed by atoms with E-state index in [0.717, 1.165) is 30.2 Å². The lowest BCUT2D eigenvalue weighted by molar-refractivity contribution is -0.138. The van der Waals surface area contributed by atoms with Gasteiger partial charge in [0.1, 0.15) is 5.82 Å². The predicted octanol–water partition coefficient (Wildman–Crippen LogP) is 6.66. The average molecular weight is 520 g/mol. The van der Waals surface area contributed by atoms with Crippen LogP contribution in [0.2, 0.25) is 5.02 Å². The van der Waals surface area contributed by atoms with Crippen LogP contribution in [-0.4, -0.2) is 42.9 Å². The number of rotatable bonds is 10. The highest BCUT2D eigenvalue weighted by Crippen LogP contribution is 2.40. The second-order valence-electron chi connectivity index (χ2n) is 9.12. The lowest BCUT2D eigenvalue weighted by Crippen LogP contribution is -2.40. The number of hydrogen-bond donors (Lipinski definition) is 3. The number of anilines is 3. The molecule has 0 aliphatic carbocycles. The zero-order chi connectivity index (χ0) is 26.3. The number of carbonyl (C=O) groups is 2. The number of benzene rings is 2. The van der Waals surface area contributed by atoms with E-state index >= 15 is 0 Å². The number of ether oxygens (including phenoxy) is 1. The van der Waals surface area contributed by atoms with Crippen LogP contribution in [0.3, 0.4) is 0 Å². The Balaban J connectivity index is 2.01. The van der Waals surface area contributed by atoms with Gasteiger partial charge in [0.05, 0.1) is 23.5 Å². The number of carbonyl (C=O) groups excluding carboxylic acids is 1. The number of urea groups is 1. The van der Waals surface area contributed by atoms with Gasteiger partial charge < -0.3 is 25.4 Å². The number of carboxylic acids is 1. The van der Waals surface area contributed by atoms with Crippen LogP contribution in [-0.2, 0) is 14.9 Å². The van der Waals surface area contributed by atoms with Gasteiger partial charge in [-0.3, -0.25) is 4.79 Å². The van der Waals surface area contributed by atoms with Gasteiger partial charge in [0.15, 0.2) is 0 Å². The van der Waals surface area contributed by atoms with E-state index in [0.29, 0.717) is 38.3 Å². The molecule has 2 amide bonds. The third kappa shape index (κ3) is 6.48. The highest BCUT2D eigenvalue weighted by Gasteiger charge is 2.33. The molecule has 36 heavy (non-hydrogen) atoms. The highest BCUT2D eigenvalue weighted by molar-refractivity contribution is 6.30. The Bertz CT molecular complexity index is 1070. The number of amides is 2. The predicted molar refractivity (Wildman–Crippen MR) is 142 cm³/mol. The van der Waals surface area contributed by atoms with Crippen molar-refractivity contribution < 1.29 is 23.8 Å². The standard InChI is InChI=1S/C27H35ClFN3O4/c1-4-27(5-2,17-25(33)34)18-7-10-24(32(6-3)20-11-13-36-14-12-20)23(15-18)31-26(35)30-22-9-8-19(28)16-21(22)29/h7-10,15-16,20H,4-6,11-14,17H2,1-3H3,(H,33,34)(H2,30,31,35). The molecule has 0 aromatic heterocycles. The molecule has 3 N–H and O–H groups in total. The van der Waals surface area contributed by atoms with E-state index in [1.54, 1.807) is 0 Å². The second-order valence-corrected chi connectivity index (χ2v) is 9.56. The first-order chi connectivity index (χ1) is 17.2. The zero-order valence-electron chi connectivity index (χ0n) is 21.1. The van der Waals surface area contributed by atoms with Crippen LogP contribution in [0.15, 0.2) is 36.4 Å². The molecule has 0 spiro atoms. The number of halogens is 2. The monoisotopic (exact) mass is 519 g/mol. The summed E-state index contributed by atoms with van der Waals surface area (Å²) in [4.78, 5) is 26.9. The SMILES string of the molecule is CCN(c1ccc(C(CC)(CC)CC(=O)O)cc1NC(=O)Nc1ccc(Cl)cc1F)C1CCOCC1. The third-order valence-corrected chi connectivity index (χ3v) is 7.40. The second kappa shape index (κ2) is 12.4. The molecule has 7 nitrogen and oxygen atoms in total. The Morgan fingerprint density at radius 2 is 1.75 bits per heavy atom. The van der Waals surface area contributed by atoms with Crippen molar-refractivity contribution in [3.8, 4) is 0 Å². The molecule has 1 saturated heterocycles. The normalized spacial score (nSPS) is 14.4. The lowest BCUT2D eigenvalue weighted by atomic mass is 9.73. The van der Waals surface area contributed by atoms with Crippen LogP contribution in [0.1, 0.15) is 58.4 Å². The van der Waals surface area contributed by atoms with E-state index in [2.05, 4.69) is 22.5 Å². The van der Waals surface area contributed by atoms with Gasteiger partial charge in [0.2, 0.25) is 0 Å². The first-order valence-electron chi connectivity index (χ1n) is 12.5. The van der Waals surface area contributed by atoms with Crippen LogP contribution in [0, 0.1) is 5.82 Å². The van der Waals surface area contributed by atoms with Crippen molar-refractivity contribution in [2.45, 2.75) is 64.3 Å². The Morgan fingerprint density at radius 1 is 1.08 bits per heavy atom. The molecule has 9 heteroatoms. The molecule has 2 aromatic rings. The van der Waals surface area contributed by atoms with Crippen molar-refractivity contribution in [2.75, 3.05) is 35.3 Å². The van der Waals surface area contributed by atoms with Gasteiger partial charge in [-0.15, -0.1) is 0 Å². The molecular weight excluding hydrogens is 485 g/mol. The highest BCUT2D eigenvalue weighted by atomic mass is 35.5. The maximum absolute atomic E-state index is 14.3. The molecule has 1 fully saturated rings. The molecule has 2 aromatic carbocycles. The molecule has 196 valence electrons. The van der Waals surface area contributed by atoms with Crippen molar-refractivity contribution in [1.82, 2.24) is 0 Å². The minimum Gasteiger partial charge on any atom is -0.481 e. The van der Waals surface area contributed by atoms with E-state index in [-0.39, 0.29) is 23.2 Å². The number of nitrogens with one attached hydrogen (secondary N) is 2. The summed E-state index contributed by atoms with van der Waals surface area (Å²) in [5.74, 6) is -1.51. The molecule has 0 unspecified atom stereocenters. The van der Waals surface area contributed by atoms with E-state index < -0.39 is 23.2 Å². The average Bonchev–Trinajstić information content (AvgIpc) is 2.86. The van der Waals surface area contributed by atoms with Crippen LogP contribution in [0.5, 0.6) is 0 Å². The smallest absolute Gasteiger partial charge is 0.323 e. The fourth-order valence-corrected chi connectivity index (χ4v) is 5.16. The molecule has 1 heterocycles. The van der Waals surface area contributed by atoms with E-state index in [1.165, 1.54) is 12.1 Å². The molecular formula is C27H35ClFN3O4. The summed E-state index contributed by atoms with van der Waals surface area (Å²) in [6.45, 7) is 8.07. The molecule has 3 rings (SSSR count). The lowest BCUT2D eigenvalue weighted by Gasteiger charge is -2.37. The summed E-state index contributed by atoms with van der Waals surface area (Å²) in [5.41, 5.74) is 1.65. The van der Waals surface area contributed by atoms with E-state index in [1.807, 2.05) is 32.0 Å². The minimum atomic E-state index is -0.870. The Kier molecular flexibility index (Phi) is 9.56. The van der Waals surface area contributed by atoms with Crippen LogP contribution in [0.4, 0.5) is 26.2 Å². The van der Waals surface area contributed by atoms with Gasteiger partial charge in [-0.05, 0) is 68.5 Å². The van der Waals surface area contributed by atoms with Gasteiger partial charge in [-0.25, -0.2) is 9.18 Å². The van der Waals surface area contributed by atoms with Crippen LogP contribution < -0.4 is 15.5 Å². The summed E-state index contributed by atoms with van der Waals surface area (Å²) in [7, 11) is 0. The van der Waals surface area contributed by atoms with Gasteiger partial charge >= 0.3 is 12.0 Å². The number of nitrogens with zero attached hydrogens (tertiary/aromatic N) is 1. The summed E-state index contributed by atoms with van der Waals surface area (Å²) in [5, 5.41) is 15.3. The van der Waals surface area contributed by atoms with Crippen molar-refractivity contribution in [1.29, 1.82) is 0 Å². The summed E-state index contributed by atoms with van der Waals surface area (Å²) < 4.78 is 19.8. The number of aliphatic carboxylic acids is 1. The fourth-order valence-electron chi connectivity index (χ4n) is 5.01. The van der Waals surface area contributed by atoms with Crippen LogP contribution >= 0.6 is 11.6 Å². The Morgan fingerprint density at radius 3 is 2.33 bits per heavy atom. The quantitative estimate of drug-likeness (QED) is 0.326. The molecule has 0 atom stereocenters. The maximum Gasteiger partial charge on any atom is 0.323 e. The summed E-state index contributed by atoms with van der Waals surface area (Å²) >= 11 is 5.83. The van der Waals surface area contributed by atoms with Crippen molar-refractivity contribution in [3.63, 3.8) is 0 Å². The molecule has 0 saturated carbocycles. The Hall–Kier alpha value is -2.84. The Labute approximate surface area is 217 Å². The van der Waals surface area contributed by atoms with Crippen molar-refractivity contribution >= 4 is 40.7 Å². The minimum absolute atomic E-state index is 0.00808. The first-order valence-corrected chi connectivity index (χ1v) is 12.8. The largest absolute Gasteiger partial charge is 0.481 e. The maximum atomic E-state index is 14.3. The topological polar surface area (TPSA) is 90.9 Å². The summed E-state index contributed by atoms with van der Waals surface area (Å²) in [6.07, 6.45) is 2.98. The number of hydrogen-bond acceptors (Lipinski definition) is 4. The van der Waals surface area contributed by atoms with Gasteiger partial charge in [-0.1, -0.05) is 31.5 Å². The summed E-state index contributed by atoms with van der Waals surface area (Å²) in [6, 6.07) is 9.47. The van der Waals surface area contributed by atoms with Crippen molar-refractivity contribution in [3.05, 3.63) is 52.8 Å². The van der Waals surface area contributed by atoms with Crippen molar-refractivity contribution in [2.24, 2.45) is 0 Å². The van der Waals surface area contributed by atoms with Gasteiger partial charge in [-0.2, -0.15) is 0 Å². The number of carboxylic acid groups (broad SMARTS) is 1. The molecule has 0 radical (unpaired) electrons. The third-order valence-electron chi connectivity index (χ3n) is 7.16. The first kappa shape index (κ1) is 27.7. The zero-order valence-corrected chi connectivity index (χ0v) is 21.8. The molecule has 1 aliphatic heterocycles. The molecule has 0 bridgehead atoms. The molecule has 1 aliphatic rings. The van der Waals surface area contributed by atoms with E-state index in [9.17, 15) is 19.1 Å². The fraction of sp³-hybridized carbons (Fsp3) is 0.481. The van der Waals surface area contributed by atoms with Gasteiger partial charge in [0.25, 0.3) is 0 Å². The van der Waals surface area contributed by atoms with Gasteiger partial charge in [0, 0.05) is 36.2 Å².